The van der Waals surface area contributed by atoms with Gasteiger partial charge in [-0.1, -0.05) is 140 Å². The van der Waals surface area contributed by atoms with Crippen LogP contribution in [0.5, 0.6) is 0 Å². The number of hydrogen-bond acceptors (Lipinski definition) is 2. The standard InChI is InChI=1S/C44H26O2/c1-2-12-28(13-3-1)38-26-45-39-25-24-36-35-22-11-23-37(43(35)46-44(36)42(38)39)41-33-19-8-6-17-31(33)40(32-18-7-9-20-34(32)41)30-21-10-15-27-14-4-5-16-29(27)30/h1-26H. The molecule has 0 aliphatic rings. The molecular formula is C44H26O2. The molecule has 2 aromatic heterocycles. The van der Waals surface area contributed by atoms with Crippen LogP contribution in [0, 0.1) is 0 Å². The van der Waals surface area contributed by atoms with Crippen LogP contribution in [-0.4, -0.2) is 0 Å². The highest BCUT2D eigenvalue weighted by Gasteiger charge is 2.22. The first-order chi connectivity index (χ1) is 22.8. The van der Waals surface area contributed by atoms with Crippen molar-refractivity contribution in [3.63, 3.8) is 0 Å². The second-order valence-corrected chi connectivity index (χ2v) is 12.0. The lowest BCUT2D eigenvalue weighted by atomic mass is 9.84. The predicted octanol–water partition coefficient (Wildman–Crippen LogP) is 12.8. The predicted molar refractivity (Wildman–Crippen MR) is 192 cm³/mol. The van der Waals surface area contributed by atoms with Crippen molar-refractivity contribution in [2.45, 2.75) is 0 Å². The first kappa shape index (κ1) is 25.2. The molecule has 2 heteroatoms. The molecule has 0 aliphatic carbocycles. The summed E-state index contributed by atoms with van der Waals surface area (Å²) in [5, 5.41) is 10.5. The van der Waals surface area contributed by atoms with Gasteiger partial charge in [0.05, 0.1) is 11.6 Å². The highest BCUT2D eigenvalue weighted by atomic mass is 16.3. The van der Waals surface area contributed by atoms with Gasteiger partial charge in [-0.05, 0) is 61.1 Å². The molecule has 10 rings (SSSR count). The number of furan rings is 2. The number of fused-ring (bicyclic) bond motifs is 8. The van der Waals surface area contributed by atoms with Crippen LogP contribution in [0.15, 0.2) is 167 Å². The van der Waals surface area contributed by atoms with E-state index in [1.54, 1.807) is 0 Å². The number of rotatable bonds is 3. The van der Waals surface area contributed by atoms with Gasteiger partial charge < -0.3 is 8.83 Å². The molecule has 10 aromatic rings. The summed E-state index contributed by atoms with van der Waals surface area (Å²) in [5.41, 5.74) is 9.49. The SMILES string of the molecule is c1ccc(-c2coc3ccc4c5cccc(-c6c7ccccc7c(-c7cccc8ccccc78)c7ccccc67)c5oc4c23)cc1. The third-order valence-corrected chi connectivity index (χ3v) is 9.55. The van der Waals surface area contributed by atoms with E-state index in [-0.39, 0.29) is 0 Å². The largest absolute Gasteiger partial charge is 0.464 e. The molecule has 0 spiro atoms. The Bertz CT molecular complexity index is 2740. The van der Waals surface area contributed by atoms with Gasteiger partial charge in [0, 0.05) is 27.5 Å². The van der Waals surface area contributed by atoms with Crippen LogP contribution < -0.4 is 0 Å². The summed E-state index contributed by atoms with van der Waals surface area (Å²) in [6, 6.07) is 54.1. The summed E-state index contributed by atoms with van der Waals surface area (Å²) in [7, 11) is 0. The second kappa shape index (κ2) is 9.69. The van der Waals surface area contributed by atoms with Crippen molar-refractivity contribution < 1.29 is 8.83 Å². The van der Waals surface area contributed by atoms with E-state index < -0.39 is 0 Å². The van der Waals surface area contributed by atoms with E-state index >= 15 is 0 Å². The molecule has 0 atom stereocenters. The molecule has 0 unspecified atom stereocenters. The molecule has 0 radical (unpaired) electrons. The van der Waals surface area contributed by atoms with Crippen LogP contribution in [0.25, 0.3) is 98.6 Å². The molecular weight excluding hydrogens is 560 g/mol. The molecule has 0 saturated heterocycles. The average Bonchev–Trinajstić information content (AvgIpc) is 3.73. The van der Waals surface area contributed by atoms with Crippen molar-refractivity contribution in [2.24, 2.45) is 0 Å². The maximum Gasteiger partial charge on any atom is 0.147 e. The Labute approximate surface area is 264 Å². The number of benzene rings is 8. The van der Waals surface area contributed by atoms with Gasteiger partial charge in [0.15, 0.2) is 0 Å². The Balaban J connectivity index is 1.33. The van der Waals surface area contributed by atoms with E-state index in [0.717, 1.165) is 49.6 Å². The Kier molecular flexibility index (Phi) is 5.31. The summed E-state index contributed by atoms with van der Waals surface area (Å²) in [4.78, 5) is 0. The van der Waals surface area contributed by atoms with Crippen molar-refractivity contribution in [1.82, 2.24) is 0 Å². The van der Waals surface area contributed by atoms with E-state index in [1.165, 1.54) is 49.0 Å². The minimum absolute atomic E-state index is 0.822. The lowest BCUT2D eigenvalue weighted by Gasteiger charge is -2.18. The molecule has 2 nitrogen and oxygen atoms in total. The van der Waals surface area contributed by atoms with Crippen LogP contribution in [0.1, 0.15) is 0 Å². The van der Waals surface area contributed by atoms with E-state index in [4.69, 9.17) is 8.83 Å². The topological polar surface area (TPSA) is 26.3 Å². The Hall–Kier alpha value is -6.12. The molecule has 8 aromatic carbocycles. The van der Waals surface area contributed by atoms with Crippen LogP contribution in [-0.2, 0) is 0 Å². The van der Waals surface area contributed by atoms with Gasteiger partial charge in [-0.2, -0.15) is 0 Å². The highest BCUT2D eigenvalue weighted by molar-refractivity contribution is 6.27. The normalized spacial score (nSPS) is 11.9. The van der Waals surface area contributed by atoms with Crippen LogP contribution >= 0.6 is 0 Å². The summed E-state index contributed by atoms with van der Waals surface area (Å²) >= 11 is 0. The molecule has 0 fully saturated rings. The first-order valence-corrected chi connectivity index (χ1v) is 15.7. The van der Waals surface area contributed by atoms with Gasteiger partial charge in [-0.25, -0.2) is 0 Å². The van der Waals surface area contributed by atoms with Crippen LogP contribution in [0.4, 0.5) is 0 Å². The minimum Gasteiger partial charge on any atom is -0.464 e. The maximum absolute atomic E-state index is 6.98. The van der Waals surface area contributed by atoms with E-state index in [1.807, 2.05) is 12.3 Å². The smallest absolute Gasteiger partial charge is 0.147 e. The zero-order valence-corrected chi connectivity index (χ0v) is 24.8. The first-order valence-electron chi connectivity index (χ1n) is 15.7. The minimum atomic E-state index is 0.822. The van der Waals surface area contributed by atoms with E-state index in [9.17, 15) is 0 Å². The lowest BCUT2D eigenvalue weighted by Crippen LogP contribution is -1.91. The fourth-order valence-electron chi connectivity index (χ4n) is 7.56. The van der Waals surface area contributed by atoms with Gasteiger partial charge >= 0.3 is 0 Å². The van der Waals surface area contributed by atoms with E-state index in [0.29, 0.717) is 0 Å². The Morgan fingerprint density at radius 1 is 0.348 bits per heavy atom. The summed E-state index contributed by atoms with van der Waals surface area (Å²) in [5.74, 6) is 0. The number of para-hydroxylation sites is 1. The number of hydrogen-bond donors (Lipinski definition) is 0. The van der Waals surface area contributed by atoms with Gasteiger partial charge in [0.2, 0.25) is 0 Å². The highest BCUT2D eigenvalue weighted by Crippen LogP contribution is 2.48. The second-order valence-electron chi connectivity index (χ2n) is 12.0. The van der Waals surface area contributed by atoms with Crippen molar-refractivity contribution in [1.29, 1.82) is 0 Å². The maximum atomic E-state index is 6.98. The molecule has 2 heterocycles. The zero-order valence-electron chi connectivity index (χ0n) is 24.8. The third-order valence-electron chi connectivity index (χ3n) is 9.55. The van der Waals surface area contributed by atoms with Crippen molar-refractivity contribution in [2.75, 3.05) is 0 Å². The summed E-state index contributed by atoms with van der Waals surface area (Å²) in [6.45, 7) is 0. The summed E-state index contributed by atoms with van der Waals surface area (Å²) in [6.07, 6.45) is 1.85. The molecule has 46 heavy (non-hydrogen) atoms. The summed E-state index contributed by atoms with van der Waals surface area (Å²) < 4.78 is 13.0. The van der Waals surface area contributed by atoms with Crippen molar-refractivity contribution >= 4 is 65.2 Å². The van der Waals surface area contributed by atoms with Gasteiger partial charge in [-0.3, -0.25) is 0 Å². The monoisotopic (exact) mass is 586 g/mol. The van der Waals surface area contributed by atoms with Crippen LogP contribution in [0.3, 0.4) is 0 Å². The lowest BCUT2D eigenvalue weighted by molar-refractivity contribution is 0.616. The molecule has 214 valence electrons. The fourth-order valence-corrected chi connectivity index (χ4v) is 7.56. The quantitative estimate of drug-likeness (QED) is 0.193. The van der Waals surface area contributed by atoms with Crippen molar-refractivity contribution in [3.05, 3.63) is 158 Å². The Morgan fingerprint density at radius 2 is 0.891 bits per heavy atom. The Morgan fingerprint density at radius 3 is 1.63 bits per heavy atom. The van der Waals surface area contributed by atoms with Gasteiger partial charge in [-0.15, -0.1) is 0 Å². The fraction of sp³-hybridized carbons (Fsp3) is 0. The van der Waals surface area contributed by atoms with Crippen molar-refractivity contribution in [3.8, 4) is 33.4 Å². The van der Waals surface area contributed by atoms with E-state index in [2.05, 4.69) is 146 Å². The molecule has 0 bridgehead atoms. The van der Waals surface area contributed by atoms with Gasteiger partial charge in [0.25, 0.3) is 0 Å². The molecule has 0 saturated carbocycles. The van der Waals surface area contributed by atoms with Gasteiger partial charge in [0.1, 0.15) is 16.7 Å². The molecule has 0 N–H and O–H groups in total. The van der Waals surface area contributed by atoms with Crippen LogP contribution in [0.2, 0.25) is 0 Å². The molecule has 0 aliphatic heterocycles. The molecule has 0 amide bonds. The third kappa shape index (κ3) is 3.53. The zero-order chi connectivity index (χ0) is 30.2. The average molecular weight is 587 g/mol.